The lowest BCUT2D eigenvalue weighted by Gasteiger charge is -2.27. The van der Waals surface area contributed by atoms with Crippen LogP contribution in [0.1, 0.15) is 74.8 Å². The Morgan fingerprint density at radius 1 is 1.13 bits per heavy atom. The number of ether oxygens (including phenoxy) is 2. The Balaban J connectivity index is 2.15. The Morgan fingerprint density at radius 3 is 2.40 bits per heavy atom. The summed E-state index contributed by atoms with van der Waals surface area (Å²) in [7, 11) is 1.69. The Bertz CT molecular complexity index is 983. The average molecular weight is 410 g/mol. The molecule has 1 amide bonds. The zero-order chi connectivity index (χ0) is 22.4. The van der Waals surface area contributed by atoms with E-state index in [-0.39, 0.29) is 17.2 Å². The molecule has 1 N–H and O–H groups in total. The van der Waals surface area contributed by atoms with Gasteiger partial charge in [-0.15, -0.1) is 0 Å². The summed E-state index contributed by atoms with van der Waals surface area (Å²) in [4.78, 5) is 12.7. The molecule has 3 rings (SSSR count). The fourth-order valence-electron chi connectivity index (χ4n) is 4.54. The minimum absolute atomic E-state index is 0.0418. The summed E-state index contributed by atoms with van der Waals surface area (Å²) in [5, 5.41) is 3.21. The van der Waals surface area contributed by atoms with Crippen LogP contribution in [-0.4, -0.2) is 18.6 Å². The quantitative estimate of drug-likeness (QED) is 0.645. The van der Waals surface area contributed by atoms with Gasteiger partial charge in [0.2, 0.25) is 5.91 Å². The third-order valence-electron chi connectivity index (χ3n) is 6.03. The number of amides is 1. The van der Waals surface area contributed by atoms with Gasteiger partial charge in [-0.2, -0.15) is 0 Å². The summed E-state index contributed by atoms with van der Waals surface area (Å²) in [6.45, 7) is 16.7. The Labute approximate surface area is 181 Å². The van der Waals surface area contributed by atoms with Crippen LogP contribution in [-0.2, 0) is 4.79 Å². The zero-order valence-electron chi connectivity index (χ0n) is 19.8. The minimum Gasteiger partial charge on any atom is -0.497 e. The summed E-state index contributed by atoms with van der Waals surface area (Å²) in [6, 6.07) is 8.18. The molecule has 1 heterocycles. The molecule has 0 saturated carbocycles. The maximum atomic E-state index is 12.7. The highest BCUT2D eigenvalue weighted by molar-refractivity contribution is 5.94. The topological polar surface area (TPSA) is 47.6 Å². The smallest absolute Gasteiger partial charge is 0.224 e. The molecular weight excluding hydrogens is 374 g/mol. The van der Waals surface area contributed by atoms with Gasteiger partial charge in [-0.3, -0.25) is 4.79 Å². The first-order valence-electron chi connectivity index (χ1n) is 10.6. The second-order valence-electron chi connectivity index (χ2n) is 10.2. The standard InChI is InChI=1S/C26H35NO3/c1-15-16(2)24-21(17(3)23(15)27-20(28)14-25(4,5)6)22(26(7,8)30-24)18-11-10-12-19(13-18)29-9/h10-13,22H,14H2,1-9H3,(H,27,28). The van der Waals surface area contributed by atoms with Crippen molar-refractivity contribution in [2.45, 2.75) is 73.3 Å². The van der Waals surface area contributed by atoms with Crippen molar-refractivity contribution in [3.8, 4) is 11.5 Å². The van der Waals surface area contributed by atoms with Crippen LogP contribution in [0.3, 0.4) is 0 Å². The Kier molecular flexibility index (Phi) is 5.66. The van der Waals surface area contributed by atoms with E-state index in [1.54, 1.807) is 7.11 Å². The molecule has 4 nitrogen and oxygen atoms in total. The number of nitrogens with one attached hydrogen (secondary N) is 1. The van der Waals surface area contributed by atoms with E-state index in [0.717, 1.165) is 45.0 Å². The molecule has 0 aromatic heterocycles. The summed E-state index contributed by atoms with van der Waals surface area (Å²) >= 11 is 0. The van der Waals surface area contributed by atoms with Crippen LogP contribution in [0.5, 0.6) is 11.5 Å². The number of carbonyl (C=O) groups excluding carboxylic acids is 1. The van der Waals surface area contributed by atoms with E-state index in [2.05, 4.69) is 72.8 Å². The first-order chi connectivity index (χ1) is 13.9. The molecule has 1 aliphatic rings. The van der Waals surface area contributed by atoms with E-state index < -0.39 is 5.60 Å². The van der Waals surface area contributed by atoms with Gasteiger partial charge in [0.25, 0.3) is 0 Å². The van der Waals surface area contributed by atoms with Gasteiger partial charge < -0.3 is 14.8 Å². The van der Waals surface area contributed by atoms with Crippen LogP contribution in [0.15, 0.2) is 24.3 Å². The van der Waals surface area contributed by atoms with Crippen LogP contribution in [0.4, 0.5) is 5.69 Å². The molecule has 0 radical (unpaired) electrons. The average Bonchev–Trinajstić information content (AvgIpc) is 2.93. The van der Waals surface area contributed by atoms with E-state index in [1.165, 1.54) is 0 Å². The predicted molar refractivity (Wildman–Crippen MR) is 123 cm³/mol. The first kappa shape index (κ1) is 22.2. The van der Waals surface area contributed by atoms with Crippen molar-refractivity contribution in [1.29, 1.82) is 0 Å². The molecule has 4 heteroatoms. The summed E-state index contributed by atoms with van der Waals surface area (Å²) in [6.07, 6.45) is 0.476. The van der Waals surface area contributed by atoms with Gasteiger partial charge in [-0.25, -0.2) is 0 Å². The van der Waals surface area contributed by atoms with Crippen molar-refractivity contribution in [1.82, 2.24) is 0 Å². The first-order valence-corrected chi connectivity index (χ1v) is 10.6. The van der Waals surface area contributed by atoms with Gasteiger partial charge in [0.05, 0.1) is 13.0 Å². The van der Waals surface area contributed by atoms with E-state index in [4.69, 9.17) is 9.47 Å². The molecule has 1 aliphatic heterocycles. The second kappa shape index (κ2) is 7.64. The lowest BCUT2D eigenvalue weighted by Crippen LogP contribution is -2.31. The highest BCUT2D eigenvalue weighted by Gasteiger charge is 2.45. The third kappa shape index (κ3) is 4.05. The van der Waals surface area contributed by atoms with E-state index >= 15 is 0 Å². The van der Waals surface area contributed by atoms with Crippen LogP contribution in [0.25, 0.3) is 0 Å². The van der Waals surface area contributed by atoms with Crippen LogP contribution in [0.2, 0.25) is 0 Å². The van der Waals surface area contributed by atoms with Crippen LogP contribution >= 0.6 is 0 Å². The maximum Gasteiger partial charge on any atom is 0.224 e. The van der Waals surface area contributed by atoms with Crippen molar-refractivity contribution in [2.75, 3.05) is 12.4 Å². The molecule has 0 fully saturated rings. The number of rotatable bonds is 4. The molecule has 1 unspecified atom stereocenters. The highest BCUT2D eigenvalue weighted by Crippen LogP contribution is 2.53. The summed E-state index contributed by atoms with van der Waals surface area (Å²) in [5.41, 5.74) is 5.97. The van der Waals surface area contributed by atoms with Gasteiger partial charge in [-0.1, -0.05) is 32.9 Å². The van der Waals surface area contributed by atoms with Gasteiger partial charge in [-0.05, 0) is 74.4 Å². The van der Waals surface area contributed by atoms with E-state index in [9.17, 15) is 4.79 Å². The van der Waals surface area contributed by atoms with Crippen molar-refractivity contribution >= 4 is 11.6 Å². The fourth-order valence-corrected chi connectivity index (χ4v) is 4.54. The van der Waals surface area contributed by atoms with Crippen LogP contribution in [0, 0.1) is 26.2 Å². The largest absolute Gasteiger partial charge is 0.497 e. The number of anilines is 1. The number of fused-ring (bicyclic) bond motifs is 1. The van der Waals surface area contributed by atoms with Crippen molar-refractivity contribution in [3.63, 3.8) is 0 Å². The minimum atomic E-state index is -0.412. The van der Waals surface area contributed by atoms with Crippen molar-refractivity contribution < 1.29 is 14.3 Å². The van der Waals surface area contributed by atoms with Crippen LogP contribution < -0.4 is 14.8 Å². The molecular formula is C26H35NO3. The van der Waals surface area contributed by atoms with Crippen molar-refractivity contribution in [2.24, 2.45) is 5.41 Å². The SMILES string of the molecule is COc1cccc(C2c3c(C)c(NC(=O)CC(C)(C)C)c(C)c(C)c3OC2(C)C)c1. The number of carbonyl (C=O) groups is 1. The Hall–Kier alpha value is -2.49. The number of hydrogen-bond donors (Lipinski definition) is 1. The number of benzene rings is 2. The lowest BCUT2D eigenvalue weighted by atomic mass is 9.78. The van der Waals surface area contributed by atoms with Crippen molar-refractivity contribution in [3.05, 3.63) is 52.1 Å². The molecule has 30 heavy (non-hydrogen) atoms. The zero-order valence-corrected chi connectivity index (χ0v) is 19.8. The molecule has 1 atom stereocenters. The van der Waals surface area contributed by atoms with Gasteiger partial charge >= 0.3 is 0 Å². The van der Waals surface area contributed by atoms with E-state index in [1.807, 2.05) is 12.1 Å². The second-order valence-corrected chi connectivity index (χ2v) is 10.2. The van der Waals surface area contributed by atoms with Gasteiger partial charge in [0.1, 0.15) is 17.1 Å². The third-order valence-corrected chi connectivity index (χ3v) is 6.03. The Morgan fingerprint density at radius 2 is 1.80 bits per heavy atom. The van der Waals surface area contributed by atoms with Gasteiger partial charge in [0.15, 0.2) is 0 Å². The summed E-state index contributed by atoms with van der Waals surface area (Å²) in [5.74, 6) is 1.86. The monoisotopic (exact) mass is 409 g/mol. The van der Waals surface area contributed by atoms with Gasteiger partial charge in [0, 0.05) is 17.7 Å². The maximum absolute atomic E-state index is 12.7. The highest BCUT2D eigenvalue weighted by atomic mass is 16.5. The summed E-state index contributed by atoms with van der Waals surface area (Å²) < 4.78 is 12.0. The lowest BCUT2D eigenvalue weighted by molar-refractivity contribution is -0.117. The molecule has 0 bridgehead atoms. The number of methoxy groups -OCH3 is 1. The molecule has 0 spiro atoms. The molecule has 2 aromatic rings. The number of hydrogen-bond acceptors (Lipinski definition) is 3. The molecule has 162 valence electrons. The molecule has 0 saturated heterocycles. The normalized spacial score (nSPS) is 17.3. The van der Waals surface area contributed by atoms with E-state index in [0.29, 0.717) is 6.42 Å². The molecule has 0 aliphatic carbocycles. The fraction of sp³-hybridized carbons (Fsp3) is 0.500. The predicted octanol–water partition coefficient (Wildman–Crippen LogP) is 6.30. The molecule has 2 aromatic carbocycles.